The van der Waals surface area contributed by atoms with Crippen molar-refractivity contribution in [1.29, 1.82) is 0 Å². The highest BCUT2D eigenvalue weighted by Gasteiger charge is 2.37. The van der Waals surface area contributed by atoms with Crippen molar-refractivity contribution in [2.75, 3.05) is 33.0 Å². The van der Waals surface area contributed by atoms with Gasteiger partial charge in [-0.2, -0.15) is 0 Å². The Labute approximate surface area is 284 Å². The summed E-state index contributed by atoms with van der Waals surface area (Å²) in [6.07, 6.45) is 0.837. The zero-order chi connectivity index (χ0) is 35.1. The number of hydrogen-bond donors (Lipinski definition) is 2. The van der Waals surface area contributed by atoms with E-state index in [0.717, 1.165) is 27.7 Å². The van der Waals surface area contributed by atoms with E-state index in [9.17, 15) is 14.0 Å². The molecule has 14 heteroatoms. The van der Waals surface area contributed by atoms with Gasteiger partial charge in [-0.3, -0.25) is 4.79 Å². The minimum Gasteiger partial charge on any atom is -0.489 e. The minimum absolute atomic E-state index is 0.0544. The van der Waals surface area contributed by atoms with Crippen molar-refractivity contribution in [2.45, 2.75) is 57.9 Å². The number of aryl methyl sites for hydroxylation is 1. The molecule has 4 heterocycles. The minimum atomic E-state index is -1.93. The molecule has 0 saturated carbocycles. The first kappa shape index (κ1) is 34.2. The maximum atomic E-state index is 13.5. The summed E-state index contributed by atoms with van der Waals surface area (Å²) in [4.78, 5) is 31.1. The Balaban J connectivity index is 1.35. The summed E-state index contributed by atoms with van der Waals surface area (Å²) in [5.74, 6) is 1.79. The van der Waals surface area contributed by atoms with Gasteiger partial charge in [0, 0.05) is 37.2 Å². The normalized spacial score (nSPS) is 14.4. The maximum Gasteiger partial charge on any atom is 0.405 e. The summed E-state index contributed by atoms with van der Waals surface area (Å²) < 4.78 is 35.9. The fourth-order valence-electron chi connectivity index (χ4n) is 6.09. The highest BCUT2D eigenvalue weighted by Crippen LogP contribution is 2.38. The van der Waals surface area contributed by atoms with Crippen molar-refractivity contribution in [3.05, 3.63) is 65.5 Å². The van der Waals surface area contributed by atoms with E-state index in [4.69, 9.17) is 23.8 Å². The molecule has 1 atom stereocenters. The molecule has 0 fully saturated rings. The first-order valence-corrected chi connectivity index (χ1v) is 19.3. The molecule has 1 aliphatic rings. The largest absolute Gasteiger partial charge is 0.489 e. The highest BCUT2D eigenvalue weighted by atomic mass is 28.4. The van der Waals surface area contributed by atoms with Gasteiger partial charge in [-0.15, -0.1) is 0 Å². The third kappa shape index (κ3) is 6.79. The van der Waals surface area contributed by atoms with Crippen LogP contribution in [0.25, 0.3) is 33.5 Å². The van der Waals surface area contributed by atoms with Crippen molar-refractivity contribution < 1.29 is 32.8 Å². The summed E-state index contributed by atoms with van der Waals surface area (Å²) >= 11 is 0. The molecule has 0 unspecified atom stereocenters. The smallest absolute Gasteiger partial charge is 0.405 e. The Morgan fingerprint density at radius 2 is 1.98 bits per heavy atom. The summed E-state index contributed by atoms with van der Waals surface area (Å²) in [6, 6.07) is 12.6. The van der Waals surface area contributed by atoms with Crippen LogP contribution in [-0.2, 0) is 24.4 Å². The van der Waals surface area contributed by atoms with Crippen LogP contribution in [-0.4, -0.2) is 88.6 Å². The number of carbonyl (C=O) groups excluding carboxylic acids is 1. The van der Waals surface area contributed by atoms with Crippen molar-refractivity contribution in [3.63, 3.8) is 0 Å². The number of nitrogens with one attached hydrogen (secondary N) is 1. The van der Waals surface area contributed by atoms with E-state index < -0.39 is 27.1 Å². The number of aromatic nitrogens is 4. The van der Waals surface area contributed by atoms with Gasteiger partial charge < -0.3 is 38.1 Å². The van der Waals surface area contributed by atoms with Gasteiger partial charge in [-0.1, -0.05) is 38.1 Å². The molecule has 12 nitrogen and oxygen atoms in total. The van der Waals surface area contributed by atoms with Crippen LogP contribution in [0.2, 0.25) is 18.1 Å². The number of benzene rings is 2. The van der Waals surface area contributed by atoms with Gasteiger partial charge in [0.1, 0.15) is 19.0 Å². The molecular formula is C35H43FN6O6Si. The predicted octanol–water partition coefficient (Wildman–Crippen LogP) is 6.24. The fourth-order valence-corrected chi connectivity index (χ4v) is 7.12. The van der Waals surface area contributed by atoms with E-state index in [1.54, 1.807) is 12.3 Å². The lowest BCUT2D eigenvalue weighted by molar-refractivity contribution is 0.0714. The molecule has 3 aromatic heterocycles. The number of imidazole rings is 1. The van der Waals surface area contributed by atoms with Crippen molar-refractivity contribution in [2.24, 2.45) is 7.05 Å². The molecule has 6 rings (SSSR count). The van der Waals surface area contributed by atoms with Gasteiger partial charge in [0.25, 0.3) is 5.91 Å². The SMILES string of the molecule is Cn1c(-c2cc3cccc(OCCO[Si](C)(C)C(C)(C)C)c3n2Cc2ccno2)nc2cc3c(cc21)CCN(C[C@@H](CF)NC(=O)O)C3=O. The van der Waals surface area contributed by atoms with Crippen molar-refractivity contribution >= 4 is 42.3 Å². The molecule has 2 aromatic carbocycles. The van der Waals surface area contributed by atoms with Gasteiger partial charge in [-0.25, -0.2) is 14.2 Å². The van der Waals surface area contributed by atoms with Crippen LogP contribution in [0, 0.1) is 0 Å². The number of alkyl halides is 1. The Hall–Kier alpha value is -4.69. The van der Waals surface area contributed by atoms with E-state index in [0.29, 0.717) is 61.1 Å². The van der Waals surface area contributed by atoms with Gasteiger partial charge in [0.2, 0.25) is 0 Å². The number of para-hydroxylation sites is 1. The lowest BCUT2D eigenvalue weighted by atomic mass is 9.97. The number of halogens is 1. The average Bonchev–Trinajstić information content (AvgIpc) is 3.77. The van der Waals surface area contributed by atoms with Crippen LogP contribution in [0.15, 0.2) is 53.2 Å². The fraction of sp³-hybridized carbons (Fsp3) is 0.429. The zero-order valence-electron chi connectivity index (χ0n) is 28.7. The van der Waals surface area contributed by atoms with Crippen LogP contribution in [0.5, 0.6) is 5.75 Å². The number of ether oxygens (including phenoxy) is 1. The monoisotopic (exact) mass is 690 g/mol. The second-order valence-electron chi connectivity index (χ2n) is 14.0. The number of carboxylic acid groups (broad SMARTS) is 1. The molecule has 0 bridgehead atoms. The average molecular weight is 691 g/mol. The summed E-state index contributed by atoms with van der Waals surface area (Å²) in [5.41, 5.74) is 4.55. The molecule has 0 radical (unpaired) electrons. The van der Waals surface area contributed by atoms with Crippen molar-refractivity contribution in [3.8, 4) is 17.3 Å². The molecule has 260 valence electrons. The highest BCUT2D eigenvalue weighted by molar-refractivity contribution is 6.74. The maximum absolute atomic E-state index is 13.5. The standard InChI is InChI=1S/C35H43FN6O6Si/c1-35(2,3)49(5,6)47-15-14-46-30-9-7-8-23-17-29(42(31(23)30)21-25-10-12-37-48-25)32-39-27-18-26-22(16-28(27)40(32)4)11-13-41(33(26)43)20-24(19-36)38-34(44)45/h7-10,12,16-18,24,38H,11,13-15,19-21H2,1-6H3,(H,44,45)/t24-/m1/s1. The number of nitrogens with zero attached hydrogens (tertiary/aromatic N) is 5. The second-order valence-corrected chi connectivity index (χ2v) is 18.8. The van der Waals surface area contributed by atoms with Crippen LogP contribution in [0.3, 0.4) is 0 Å². The second kappa shape index (κ2) is 13.3. The quantitative estimate of drug-likeness (QED) is 0.116. The van der Waals surface area contributed by atoms with Crippen LogP contribution < -0.4 is 10.1 Å². The molecule has 49 heavy (non-hydrogen) atoms. The third-order valence-corrected chi connectivity index (χ3v) is 14.3. The van der Waals surface area contributed by atoms with E-state index >= 15 is 0 Å². The van der Waals surface area contributed by atoms with Gasteiger partial charge in [0.05, 0.1) is 47.6 Å². The number of hydrogen-bond acceptors (Lipinski definition) is 7. The Bertz CT molecular complexity index is 2000. The van der Waals surface area contributed by atoms with E-state index in [1.165, 1.54) is 4.90 Å². The molecule has 5 aromatic rings. The van der Waals surface area contributed by atoms with E-state index in [-0.39, 0.29) is 17.5 Å². The number of rotatable bonds is 12. The molecule has 0 aliphatic carbocycles. The Kier molecular flexibility index (Phi) is 9.29. The Morgan fingerprint density at radius 3 is 2.67 bits per heavy atom. The number of fused-ring (bicyclic) bond motifs is 3. The summed E-state index contributed by atoms with van der Waals surface area (Å²) in [6.45, 7) is 11.8. The molecule has 0 spiro atoms. The van der Waals surface area contributed by atoms with Gasteiger partial charge >= 0.3 is 6.09 Å². The lowest BCUT2D eigenvalue weighted by Crippen LogP contribution is -2.48. The topological polar surface area (TPSA) is 137 Å². The van der Waals surface area contributed by atoms with Gasteiger partial charge in [0.15, 0.2) is 19.9 Å². The van der Waals surface area contributed by atoms with Crippen LogP contribution in [0.4, 0.5) is 9.18 Å². The first-order valence-electron chi connectivity index (χ1n) is 16.4. The number of carbonyl (C=O) groups is 2. The Morgan fingerprint density at radius 1 is 1.18 bits per heavy atom. The van der Waals surface area contributed by atoms with Crippen LogP contribution in [0.1, 0.15) is 42.5 Å². The number of amides is 2. The molecule has 2 amide bonds. The summed E-state index contributed by atoms with van der Waals surface area (Å²) in [7, 11) is 0.0223. The predicted molar refractivity (Wildman–Crippen MR) is 186 cm³/mol. The summed E-state index contributed by atoms with van der Waals surface area (Å²) in [5, 5.41) is 16.2. The van der Waals surface area contributed by atoms with E-state index in [1.807, 2.05) is 41.9 Å². The van der Waals surface area contributed by atoms with Gasteiger partial charge in [-0.05, 0) is 54.4 Å². The van der Waals surface area contributed by atoms with E-state index in [2.05, 4.69) is 55.0 Å². The lowest BCUT2D eigenvalue weighted by Gasteiger charge is -2.36. The third-order valence-electron chi connectivity index (χ3n) is 9.76. The molecule has 1 aliphatic heterocycles. The zero-order valence-corrected chi connectivity index (χ0v) is 29.7. The molecule has 0 saturated heterocycles. The first-order chi connectivity index (χ1) is 23.3. The molecular weight excluding hydrogens is 648 g/mol. The molecule has 2 N–H and O–H groups in total. The van der Waals surface area contributed by atoms with Crippen molar-refractivity contribution in [1.82, 2.24) is 29.5 Å². The van der Waals surface area contributed by atoms with Crippen LogP contribution >= 0.6 is 0 Å².